The van der Waals surface area contributed by atoms with Gasteiger partial charge in [0.1, 0.15) is 11.4 Å². The molecule has 0 amide bonds. The maximum absolute atomic E-state index is 10.8. The van der Waals surface area contributed by atoms with Crippen LogP contribution in [0.5, 0.6) is 5.75 Å². The van der Waals surface area contributed by atoms with Crippen LogP contribution in [-0.4, -0.2) is 14.4 Å². The number of hydrogen-bond acceptors (Lipinski definition) is 3. The zero-order chi connectivity index (χ0) is 18.9. The van der Waals surface area contributed by atoms with Crippen molar-refractivity contribution in [3.8, 4) is 11.8 Å². The largest absolute Gasteiger partial charge is 0.482 e. The Labute approximate surface area is 159 Å². The van der Waals surface area contributed by atoms with Gasteiger partial charge in [0.05, 0.1) is 11.6 Å². The Morgan fingerprint density at radius 3 is 2.58 bits per heavy atom. The van der Waals surface area contributed by atoms with Crippen molar-refractivity contribution in [3.63, 3.8) is 0 Å². The van der Waals surface area contributed by atoms with E-state index in [-0.39, 0.29) is 6.54 Å². The predicted octanol–water partition coefficient (Wildman–Crippen LogP) is 4.06. The average molecular weight is 389 g/mol. The minimum absolute atomic E-state index is 0.227. The summed E-state index contributed by atoms with van der Waals surface area (Å²) < 4.78 is 28.2. The molecule has 26 heavy (non-hydrogen) atoms. The molecule has 1 atom stereocenters. The molecule has 7 heteroatoms. The highest BCUT2D eigenvalue weighted by Gasteiger charge is 2.35. The van der Waals surface area contributed by atoms with Crippen LogP contribution in [0.3, 0.4) is 0 Å². The zero-order valence-corrected chi connectivity index (χ0v) is 15.8. The molecule has 2 N–H and O–H groups in total. The van der Waals surface area contributed by atoms with Crippen LogP contribution in [0, 0.1) is 11.3 Å². The maximum atomic E-state index is 10.8. The van der Waals surface area contributed by atoms with Gasteiger partial charge in [0.15, 0.2) is 0 Å². The second kappa shape index (κ2) is 7.22. The zero-order valence-electron chi connectivity index (χ0n) is 14.2. The summed E-state index contributed by atoms with van der Waals surface area (Å²) in [7, 11) is 0. The molecule has 134 valence electrons. The highest BCUT2D eigenvalue weighted by atomic mass is 35.5. The molecule has 0 radical (unpaired) electrons. The van der Waals surface area contributed by atoms with E-state index in [1.165, 1.54) is 0 Å². The minimum Gasteiger partial charge on any atom is -0.482 e. The molecule has 3 rings (SSSR count). The first kappa shape index (κ1) is 18.6. The van der Waals surface area contributed by atoms with Gasteiger partial charge in [-0.15, -0.1) is 0 Å². The maximum Gasteiger partial charge on any atom is 0.232 e. The van der Waals surface area contributed by atoms with Gasteiger partial charge in [0.2, 0.25) is 11.3 Å². The van der Waals surface area contributed by atoms with E-state index in [0.717, 1.165) is 22.3 Å². The lowest BCUT2D eigenvalue weighted by Gasteiger charge is -2.34. The van der Waals surface area contributed by atoms with E-state index in [9.17, 15) is 9.47 Å². The lowest BCUT2D eigenvalue weighted by atomic mass is 9.83. The number of ether oxygens (including phenoxy) is 1. The summed E-state index contributed by atoms with van der Waals surface area (Å²) in [5.74, 6) is 0.627. The third-order valence-electron chi connectivity index (χ3n) is 4.18. The van der Waals surface area contributed by atoms with Crippen molar-refractivity contribution in [1.29, 1.82) is 5.26 Å². The molecule has 1 aliphatic heterocycles. The molecule has 5 nitrogen and oxygen atoms in total. The quantitative estimate of drug-likeness (QED) is 0.773. The molecule has 2 aromatic rings. The molecular weight excluding hydrogens is 372 g/mol. The smallest absolute Gasteiger partial charge is 0.232 e. The lowest BCUT2D eigenvalue weighted by molar-refractivity contribution is 0.149. The van der Waals surface area contributed by atoms with Crippen molar-refractivity contribution in [1.82, 2.24) is 4.72 Å². The molecule has 0 spiro atoms. The second-order valence-corrected chi connectivity index (χ2v) is 7.61. The number of nitrogens with one attached hydrogen (secondary N) is 1. The standard InChI is InChI=1S/C19H17ClN2O3S/c1-19(2)16(10-21)18(13-4-6-14(20)7-5-13)15-8-3-12(9-17(15)25-19)11-22-26(23)24/h3-9,22H,11H2,1-2H3,(H,23,24). The fraction of sp³-hybridized carbons (Fsp3) is 0.211. The van der Waals surface area contributed by atoms with Crippen LogP contribution >= 0.6 is 11.6 Å². The van der Waals surface area contributed by atoms with Crippen LogP contribution in [0.15, 0.2) is 48.0 Å². The van der Waals surface area contributed by atoms with E-state index in [1.807, 2.05) is 44.2 Å². The van der Waals surface area contributed by atoms with Crippen molar-refractivity contribution in [2.45, 2.75) is 26.0 Å². The van der Waals surface area contributed by atoms with Crippen molar-refractivity contribution < 1.29 is 13.5 Å². The van der Waals surface area contributed by atoms with Gasteiger partial charge in [-0.1, -0.05) is 35.9 Å². The summed E-state index contributed by atoms with van der Waals surface area (Å²) in [6, 6.07) is 15.1. The van der Waals surface area contributed by atoms with E-state index in [1.54, 1.807) is 12.1 Å². The fourth-order valence-electron chi connectivity index (χ4n) is 2.98. The number of hydrogen-bond donors (Lipinski definition) is 2. The molecule has 2 aromatic carbocycles. The van der Waals surface area contributed by atoms with Crippen LogP contribution in [-0.2, 0) is 17.8 Å². The monoisotopic (exact) mass is 388 g/mol. The molecular formula is C19H17ClN2O3S. The number of halogens is 1. The molecule has 0 fully saturated rings. The lowest BCUT2D eigenvalue weighted by Crippen LogP contribution is -2.34. The first-order chi connectivity index (χ1) is 12.3. The Morgan fingerprint density at radius 2 is 1.96 bits per heavy atom. The highest BCUT2D eigenvalue weighted by Crippen LogP contribution is 2.44. The first-order valence-electron chi connectivity index (χ1n) is 7.89. The number of fused-ring (bicyclic) bond motifs is 1. The molecule has 0 aromatic heterocycles. The van der Waals surface area contributed by atoms with Crippen molar-refractivity contribution in [2.75, 3.05) is 0 Å². The Balaban J connectivity index is 2.15. The number of nitrogens with zero attached hydrogens (tertiary/aromatic N) is 1. The summed E-state index contributed by atoms with van der Waals surface area (Å²) in [4.78, 5) is 0. The van der Waals surface area contributed by atoms with Crippen molar-refractivity contribution in [2.24, 2.45) is 0 Å². The normalized spacial score (nSPS) is 16.4. The summed E-state index contributed by atoms with van der Waals surface area (Å²) in [5.41, 5.74) is 3.03. The van der Waals surface area contributed by atoms with Crippen LogP contribution in [0.2, 0.25) is 5.02 Å². The number of nitriles is 1. The molecule has 0 saturated heterocycles. The van der Waals surface area contributed by atoms with Crippen LogP contribution in [0.4, 0.5) is 0 Å². The SMILES string of the molecule is CC1(C)Oc2cc(CNS(=O)O)ccc2C(c2ccc(Cl)cc2)=C1C#N. The van der Waals surface area contributed by atoms with E-state index in [4.69, 9.17) is 20.9 Å². The topological polar surface area (TPSA) is 82.3 Å². The second-order valence-electron chi connectivity index (χ2n) is 6.38. The Morgan fingerprint density at radius 1 is 1.27 bits per heavy atom. The van der Waals surface area contributed by atoms with Gasteiger partial charge < -0.3 is 4.74 Å². The van der Waals surface area contributed by atoms with E-state index >= 15 is 0 Å². The van der Waals surface area contributed by atoms with Crippen LogP contribution in [0.25, 0.3) is 5.57 Å². The number of rotatable bonds is 4. The van der Waals surface area contributed by atoms with Crippen molar-refractivity contribution in [3.05, 3.63) is 69.8 Å². The minimum atomic E-state index is -2.08. The third-order valence-corrected chi connectivity index (χ3v) is 4.82. The Hall–Kier alpha value is -2.17. The average Bonchev–Trinajstić information content (AvgIpc) is 2.58. The van der Waals surface area contributed by atoms with E-state index in [2.05, 4.69) is 10.8 Å². The van der Waals surface area contributed by atoms with Gasteiger partial charge in [-0.3, -0.25) is 4.55 Å². The summed E-state index contributed by atoms with van der Waals surface area (Å²) in [6.07, 6.45) is 0. The molecule has 0 aliphatic carbocycles. The van der Waals surface area contributed by atoms with Crippen LogP contribution < -0.4 is 9.46 Å². The van der Waals surface area contributed by atoms with Crippen LogP contribution in [0.1, 0.15) is 30.5 Å². The summed E-state index contributed by atoms with van der Waals surface area (Å²) in [6.45, 7) is 3.92. The van der Waals surface area contributed by atoms with E-state index < -0.39 is 16.9 Å². The van der Waals surface area contributed by atoms with Gasteiger partial charge in [0.25, 0.3) is 0 Å². The predicted molar refractivity (Wildman–Crippen MR) is 102 cm³/mol. The van der Waals surface area contributed by atoms with Gasteiger partial charge >= 0.3 is 0 Å². The first-order valence-corrected chi connectivity index (χ1v) is 9.38. The molecule has 1 unspecified atom stereocenters. The molecule has 0 saturated carbocycles. The molecule has 0 bridgehead atoms. The number of benzene rings is 2. The van der Waals surface area contributed by atoms with Gasteiger partial charge in [-0.2, -0.15) is 5.26 Å². The third kappa shape index (κ3) is 3.67. The Bertz CT molecular complexity index is 946. The molecule has 1 aliphatic rings. The summed E-state index contributed by atoms with van der Waals surface area (Å²) in [5, 5.41) is 10.4. The fourth-order valence-corrected chi connectivity index (χ4v) is 3.40. The van der Waals surface area contributed by atoms with Gasteiger partial charge in [0, 0.05) is 22.7 Å². The van der Waals surface area contributed by atoms with Crippen molar-refractivity contribution >= 4 is 28.4 Å². The van der Waals surface area contributed by atoms with Gasteiger partial charge in [-0.05, 0) is 43.2 Å². The van der Waals surface area contributed by atoms with E-state index in [0.29, 0.717) is 16.3 Å². The molecule has 1 heterocycles. The highest BCUT2D eigenvalue weighted by molar-refractivity contribution is 7.77. The van der Waals surface area contributed by atoms with Gasteiger partial charge in [-0.25, -0.2) is 8.93 Å². The Kier molecular flexibility index (Phi) is 5.17. The summed E-state index contributed by atoms with van der Waals surface area (Å²) >= 11 is 3.92.